The number of halogens is 1. The van der Waals surface area contributed by atoms with E-state index in [1.54, 1.807) is 0 Å². The first-order valence-corrected chi connectivity index (χ1v) is 6.15. The summed E-state index contributed by atoms with van der Waals surface area (Å²) in [6, 6.07) is 0. The maximum absolute atomic E-state index is 4.23. The number of nitrogens with one attached hydrogen (secondary N) is 1. The fourth-order valence-corrected chi connectivity index (χ4v) is 1.66. The van der Waals surface area contributed by atoms with E-state index in [0.717, 1.165) is 32.0 Å². The number of hydrogen-bond donors (Lipinski definition) is 1. The van der Waals surface area contributed by atoms with Crippen LogP contribution in [-0.4, -0.2) is 22.9 Å². The Balaban J connectivity index is 2.04. The van der Waals surface area contributed by atoms with E-state index in [-0.39, 0.29) is 0 Å². The van der Waals surface area contributed by atoms with Crippen LogP contribution in [0.4, 0.5) is 0 Å². The van der Waals surface area contributed by atoms with Crippen molar-refractivity contribution in [2.45, 2.75) is 26.8 Å². The fourth-order valence-electron chi connectivity index (χ4n) is 1.22. The molecule has 14 heavy (non-hydrogen) atoms. The van der Waals surface area contributed by atoms with Gasteiger partial charge in [0.1, 0.15) is 0 Å². The van der Waals surface area contributed by atoms with Crippen molar-refractivity contribution in [3.8, 4) is 0 Å². The fraction of sp³-hybridized carbons (Fsp3) is 0.700. The van der Waals surface area contributed by atoms with Crippen LogP contribution in [0.5, 0.6) is 0 Å². The molecule has 1 N–H and O–H groups in total. The number of aryl methyl sites for hydroxylation is 1. The lowest BCUT2D eigenvalue weighted by atomic mass is 10.2. The van der Waals surface area contributed by atoms with Gasteiger partial charge in [0.15, 0.2) is 0 Å². The van der Waals surface area contributed by atoms with Crippen LogP contribution in [0.2, 0.25) is 0 Å². The molecule has 3 nitrogen and oxygen atoms in total. The zero-order chi connectivity index (χ0) is 10.4. The molecule has 0 saturated carbocycles. The van der Waals surface area contributed by atoms with Crippen molar-refractivity contribution < 1.29 is 0 Å². The van der Waals surface area contributed by atoms with Crippen LogP contribution in [0.1, 0.15) is 20.3 Å². The highest BCUT2D eigenvalue weighted by Gasteiger charge is 1.95. The minimum atomic E-state index is 0.737. The van der Waals surface area contributed by atoms with Gasteiger partial charge in [-0.1, -0.05) is 13.8 Å². The van der Waals surface area contributed by atoms with Gasteiger partial charge in [-0.15, -0.1) is 0 Å². The largest absolute Gasteiger partial charge is 0.316 e. The zero-order valence-corrected chi connectivity index (χ0v) is 11.0. The van der Waals surface area contributed by atoms with Crippen LogP contribution in [0, 0.1) is 9.49 Å². The predicted octanol–water partition coefficient (Wildman–Crippen LogP) is 2.12. The summed E-state index contributed by atoms with van der Waals surface area (Å²) in [6.45, 7) is 7.64. The molecular formula is C10H18IN3. The Morgan fingerprint density at radius 2 is 2.36 bits per heavy atom. The third kappa shape index (κ3) is 4.95. The predicted molar refractivity (Wildman–Crippen MR) is 67.3 cm³/mol. The second-order valence-electron chi connectivity index (χ2n) is 3.87. The molecule has 80 valence electrons. The Morgan fingerprint density at radius 3 is 2.93 bits per heavy atom. The topological polar surface area (TPSA) is 29.9 Å². The lowest BCUT2D eigenvalue weighted by Crippen LogP contribution is -2.21. The summed E-state index contributed by atoms with van der Waals surface area (Å²) in [6.07, 6.45) is 5.11. The SMILES string of the molecule is CC(C)CNCCCn1cc(I)cn1. The van der Waals surface area contributed by atoms with Gasteiger partial charge < -0.3 is 5.32 Å². The van der Waals surface area contributed by atoms with E-state index >= 15 is 0 Å². The molecule has 0 aliphatic rings. The second kappa shape index (κ2) is 6.40. The molecule has 0 aliphatic heterocycles. The minimum absolute atomic E-state index is 0.737. The molecule has 4 heteroatoms. The highest BCUT2D eigenvalue weighted by atomic mass is 127. The molecule has 0 fully saturated rings. The number of rotatable bonds is 6. The molecule has 0 amide bonds. The van der Waals surface area contributed by atoms with Gasteiger partial charge in [-0.3, -0.25) is 4.68 Å². The number of hydrogen-bond acceptors (Lipinski definition) is 2. The summed E-state index contributed by atoms with van der Waals surface area (Å²) < 4.78 is 3.21. The van der Waals surface area contributed by atoms with Crippen LogP contribution in [-0.2, 0) is 6.54 Å². The highest BCUT2D eigenvalue weighted by molar-refractivity contribution is 14.1. The van der Waals surface area contributed by atoms with E-state index < -0.39 is 0 Å². The van der Waals surface area contributed by atoms with E-state index in [4.69, 9.17) is 0 Å². The van der Waals surface area contributed by atoms with Crippen LogP contribution < -0.4 is 5.32 Å². The summed E-state index contributed by atoms with van der Waals surface area (Å²) in [5, 5.41) is 7.65. The first-order valence-electron chi connectivity index (χ1n) is 5.07. The molecule has 0 aliphatic carbocycles. The normalized spacial score (nSPS) is 11.1. The Morgan fingerprint density at radius 1 is 1.57 bits per heavy atom. The molecule has 1 aromatic rings. The Labute approximate surface area is 99.4 Å². The summed E-state index contributed by atoms with van der Waals surface area (Å²) >= 11 is 2.28. The molecular weight excluding hydrogens is 289 g/mol. The number of nitrogens with zero attached hydrogens (tertiary/aromatic N) is 2. The summed E-state index contributed by atoms with van der Waals surface area (Å²) in [7, 11) is 0. The average molecular weight is 307 g/mol. The van der Waals surface area contributed by atoms with Crippen molar-refractivity contribution in [2.75, 3.05) is 13.1 Å². The van der Waals surface area contributed by atoms with Crippen LogP contribution >= 0.6 is 22.6 Å². The molecule has 1 heterocycles. The van der Waals surface area contributed by atoms with E-state index in [2.05, 4.69) is 53.1 Å². The Bertz CT molecular complexity index is 258. The standard InChI is InChI=1S/C10H18IN3/c1-9(2)6-12-4-3-5-14-8-10(11)7-13-14/h7-9,12H,3-6H2,1-2H3. The molecule has 0 saturated heterocycles. The van der Waals surface area contributed by atoms with E-state index in [1.807, 2.05) is 10.9 Å². The lowest BCUT2D eigenvalue weighted by Gasteiger charge is -2.06. The maximum atomic E-state index is 4.23. The van der Waals surface area contributed by atoms with Crippen molar-refractivity contribution in [2.24, 2.45) is 5.92 Å². The average Bonchev–Trinajstić information content (AvgIpc) is 2.50. The van der Waals surface area contributed by atoms with Gasteiger partial charge in [-0.05, 0) is 48.0 Å². The first-order chi connectivity index (χ1) is 6.68. The molecule has 0 spiro atoms. The van der Waals surface area contributed by atoms with Crippen molar-refractivity contribution in [1.82, 2.24) is 15.1 Å². The maximum Gasteiger partial charge on any atom is 0.0623 e. The molecule has 1 rings (SSSR count). The van der Waals surface area contributed by atoms with Gasteiger partial charge in [0.2, 0.25) is 0 Å². The zero-order valence-electron chi connectivity index (χ0n) is 8.83. The van der Waals surface area contributed by atoms with E-state index in [1.165, 1.54) is 3.57 Å². The first kappa shape index (κ1) is 12.0. The minimum Gasteiger partial charge on any atom is -0.316 e. The van der Waals surface area contributed by atoms with Gasteiger partial charge in [0.25, 0.3) is 0 Å². The van der Waals surface area contributed by atoms with Gasteiger partial charge in [0, 0.05) is 12.7 Å². The molecule has 0 bridgehead atoms. The molecule has 0 radical (unpaired) electrons. The van der Waals surface area contributed by atoms with Crippen molar-refractivity contribution in [3.63, 3.8) is 0 Å². The van der Waals surface area contributed by atoms with Crippen molar-refractivity contribution >= 4 is 22.6 Å². The third-order valence-electron chi connectivity index (χ3n) is 1.90. The van der Waals surface area contributed by atoms with Crippen LogP contribution in [0.15, 0.2) is 12.4 Å². The van der Waals surface area contributed by atoms with E-state index in [9.17, 15) is 0 Å². The van der Waals surface area contributed by atoms with Crippen molar-refractivity contribution in [3.05, 3.63) is 16.0 Å². The molecule has 1 aromatic heterocycles. The van der Waals surface area contributed by atoms with Crippen molar-refractivity contribution in [1.29, 1.82) is 0 Å². The molecule has 0 unspecified atom stereocenters. The van der Waals surface area contributed by atoms with Gasteiger partial charge in [-0.2, -0.15) is 5.10 Å². The van der Waals surface area contributed by atoms with Gasteiger partial charge in [-0.25, -0.2) is 0 Å². The van der Waals surface area contributed by atoms with Crippen LogP contribution in [0.3, 0.4) is 0 Å². The Hall–Kier alpha value is -0.100. The highest BCUT2D eigenvalue weighted by Crippen LogP contribution is 2.01. The van der Waals surface area contributed by atoms with E-state index in [0.29, 0.717) is 0 Å². The lowest BCUT2D eigenvalue weighted by molar-refractivity contribution is 0.506. The van der Waals surface area contributed by atoms with Crippen LogP contribution in [0.25, 0.3) is 0 Å². The summed E-state index contributed by atoms with van der Waals surface area (Å²) in [5.41, 5.74) is 0. The Kier molecular flexibility index (Phi) is 5.47. The monoisotopic (exact) mass is 307 g/mol. The quantitative estimate of drug-likeness (QED) is 0.644. The smallest absolute Gasteiger partial charge is 0.0623 e. The summed E-state index contributed by atoms with van der Waals surface area (Å²) in [5.74, 6) is 0.737. The second-order valence-corrected chi connectivity index (χ2v) is 5.12. The van der Waals surface area contributed by atoms with Gasteiger partial charge >= 0.3 is 0 Å². The van der Waals surface area contributed by atoms with Gasteiger partial charge in [0.05, 0.1) is 9.77 Å². The third-order valence-corrected chi connectivity index (χ3v) is 2.45. The number of aromatic nitrogens is 2. The molecule has 0 atom stereocenters. The summed E-state index contributed by atoms with van der Waals surface area (Å²) in [4.78, 5) is 0. The molecule has 0 aromatic carbocycles.